The summed E-state index contributed by atoms with van der Waals surface area (Å²) in [5.74, 6) is 0.453. The van der Waals surface area contributed by atoms with E-state index >= 15 is 0 Å². The van der Waals surface area contributed by atoms with Crippen molar-refractivity contribution in [3.8, 4) is 5.69 Å². The lowest BCUT2D eigenvalue weighted by Crippen LogP contribution is -2.29. The van der Waals surface area contributed by atoms with Gasteiger partial charge in [-0.25, -0.2) is 18.1 Å². The number of rotatable bonds is 7. The standard InChI is InChI=1S/C15H20Cl2N4O2S/c1-4-20(5-2)8-9-24(22,23)15-18-11(3)21(19-15)12-6-7-13(16)14(17)10-12/h6-7,10H,4-5,8-9H2,1-3H3. The average molecular weight is 391 g/mol. The molecule has 132 valence electrons. The molecule has 24 heavy (non-hydrogen) atoms. The van der Waals surface area contributed by atoms with Crippen molar-refractivity contribution in [1.82, 2.24) is 19.7 Å². The molecule has 0 amide bonds. The molecule has 0 bridgehead atoms. The van der Waals surface area contributed by atoms with E-state index in [0.29, 0.717) is 28.1 Å². The average Bonchev–Trinajstić information content (AvgIpc) is 2.94. The van der Waals surface area contributed by atoms with Gasteiger partial charge in [-0.2, -0.15) is 0 Å². The van der Waals surface area contributed by atoms with Crippen molar-refractivity contribution >= 4 is 33.0 Å². The Morgan fingerprint density at radius 2 is 1.83 bits per heavy atom. The first kappa shape index (κ1) is 19.2. The molecule has 0 aliphatic carbocycles. The molecule has 9 heteroatoms. The van der Waals surface area contributed by atoms with Gasteiger partial charge in [-0.3, -0.25) is 0 Å². The minimum absolute atomic E-state index is 0.0144. The smallest absolute Gasteiger partial charge is 0.267 e. The Bertz CT molecular complexity index is 817. The normalized spacial score (nSPS) is 12.1. The lowest BCUT2D eigenvalue weighted by atomic mass is 10.3. The fraction of sp³-hybridized carbons (Fsp3) is 0.467. The maximum atomic E-state index is 12.5. The molecule has 0 spiro atoms. The zero-order valence-electron chi connectivity index (χ0n) is 13.8. The molecule has 0 fully saturated rings. The van der Waals surface area contributed by atoms with Crippen LogP contribution in [0, 0.1) is 6.92 Å². The monoisotopic (exact) mass is 390 g/mol. The molecule has 1 aromatic heterocycles. The van der Waals surface area contributed by atoms with Crippen LogP contribution in [0.15, 0.2) is 23.4 Å². The first-order valence-corrected chi connectivity index (χ1v) is 10.0. The number of benzene rings is 1. The SMILES string of the molecule is CCN(CC)CCS(=O)(=O)c1nc(C)n(-c2ccc(Cl)c(Cl)c2)n1. The second-order valence-corrected chi connectivity index (χ2v) is 8.11. The molecule has 0 aliphatic rings. The van der Waals surface area contributed by atoms with Crippen LogP contribution in [0.3, 0.4) is 0 Å². The van der Waals surface area contributed by atoms with E-state index in [1.165, 1.54) is 4.68 Å². The first-order valence-electron chi connectivity index (χ1n) is 7.62. The highest BCUT2D eigenvalue weighted by Crippen LogP contribution is 2.25. The molecule has 0 aliphatic heterocycles. The molecule has 0 unspecified atom stereocenters. The third kappa shape index (κ3) is 4.27. The Balaban J connectivity index is 2.28. The van der Waals surface area contributed by atoms with Gasteiger partial charge in [0.1, 0.15) is 5.82 Å². The molecule has 0 atom stereocenters. The Morgan fingerprint density at radius 1 is 1.17 bits per heavy atom. The summed E-state index contributed by atoms with van der Waals surface area (Å²) in [4.78, 5) is 6.15. The van der Waals surface area contributed by atoms with Gasteiger partial charge in [-0.1, -0.05) is 37.0 Å². The zero-order chi connectivity index (χ0) is 17.9. The van der Waals surface area contributed by atoms with Crippen molar-refractivity contribution in [3.63, 3.8) is 0 Å². The van der Waals surface area contributed by atoms with Gasteiger partial charge in [-0.05, 0) is 38.2 Å². The van der Waals surface area contributed by atoms with Gasteiger partial charge < -0.3 is 4.90 Å². The lowest BCUT2D eigenvalue weighted by molar-refractivity contribution is 0.321. The van der Waals surface area contributed by atoms with E-state index in [0.717, 1.165) is 13.1 Å². The quantitative estimate of drug-likeness (QED) is 0.726. The Morgan fingerprint density at radius 3 is 2.42 bits per heavy atom. The summed E-state index contributed by atoms with van der Waals surface area (Å²) in [6, 6.07) is 4.97. The van der Waals surface area contributed by atoms with E-state index in [1.807, 2.05) is 18.7 Å². The predicted molar refractivity (Wildman–Crippen MR) is 96.0 cm³/mol. The highest BCUT2D eigenvalue weighted by Gasteiger charge is 2.22. The topological polar surface area (TPSA) is 68.1 Å². The van der Waals surface area contributed by atoms with Gasteiger partial charge in [0.15, 0.2) is 0 Å². The summed E-state index contributed by atoms with van der Waals surface area (Å²) >= 11 is 11.9. The lowest BCUT2D eigenvalue weighted by Gasteiger charge is -2.16. The molecule has 6 nitrogen and oxygen atoms in total. The first-order chi connectivity index (χ1) is 11.3. The number of aryl methyl sites for hydroxylation is 1. The number of hydrogen-bond acceptors (Lipinski definition) is 5. The summed E-state index contributed by atoms with van der Waals surface area (Å²) in [6.07, 6.45) is 0. The molecule has 2 aromatic rings. The van der Waals surface area contributed by atoms with Crippen LogP contribution in [0.1, 0.15) is 19.7 Å². The molecule has 0 radical (unpaired) electrons. The van der Waals surface area contributed by atoms with Crippen molar-refractivity contribution in [2.75, 3.05) is 25.4 Å². The fourth-order valence-corrected chi connectivity index (χ4v) is 3.69. The molecular formula is C15H20Cl2N4O2S. The van der Waals surface area contributed by atoms with Gasteiger partial charge in [0, 0.05) is 6.54 Å². The van der Waals surface area contributed by atoms with Gasteiger partial charge in [0.25, 0.3) is 5.16 Å². The van der Waals surface area contributed by atoms with Crippen LogP contribution >= 0.6 is 23.2 Å². The third-order valence-electron chi connectivity index (χ3n) is 3.75. The Hall–Kier alpha value is -1.15. The number of sulfone groups is 1. The van der Waals surface area contributed by atoms with Crippen LogP contribution in [0.2, 0.25) is 10.0 Å². The molecule has 1 aromatic carbocycles. The summed E-state index contributed by atoms with van der Waals surface area (Å²) in [5.41, 5.74) is 0.611. The fourth-order valence-electron chi connectivity index (χ4n) is 2.24. The maximum Gasteiger partial charge on any atom is 0.267 e. The van der Waals surface area contributed by atoms with E-state index < -0.39 is 9.84 Å². The van der Waals surface area contributed by atoms with E-state index in [1.54, 1.807) is 25.1 Å². The molecule has 1 heterocycles. The van der Waals surface area contributed by atoms with Crippen molar-refractivity contribution in [3.05, 3.63) is 34.1 Å². The molecule has 0 N–H and O–H groups in total. The number of nitrogens with zero attached hydrogens (tertiary/aromatic N) is 4. The van der Waals surface area contributed by atoms with Crippen molar-refractivity contribution in [2.45, 2.75) is 25.9 Å². The van der Waals surface area contributed by atoms with Crippen LogP contribution < -0.4 is 0 Å². The number of hydrogen-bond donors (Lipinski definition) is 0. The molecule has 2 rings (SSSR count). The van der Waals surface area contributed by atoms with Crippen LogP contribution in [-0.2, 0) is 9.84 Å². The molecule has 0 saturated heterocycles. The second-order valence-electron chi connectivity index (χ2n) is 5.30. The Kier molecular flexibility index (Phi) is 6.25. The minimum atomic E-state index is -3.55. The highest BCUT2D eigenvalue weighted by molar-refractivity contribution is 7.91. The summed E-state index contributed by atoms with van der Waals surface area (Å²) in [7, 11) is -3.55. The van der Waals surface area contributed by atoms with Crippen molar-refractivity contribution < 1.29 is 8.42 Å². The van der Waals surface area contributed by atoms with Crippen molar-refractivity contribution in [2.24, 2.45) is 0 Å². The van der Waals surface area contributed by atoms with Crippen LogP contribution in [-0.4, -0.2) is 53.5 Å². The summed E-state index contributed by atoms with van der Waals surface area (Å²) in [5, 5.41) is 4.77. The molecular weight excluding hydrogens is 371 g/mol. The predicted octanol–water partition coefficient (Wildman–Crippen LogP) is 3.00. The van der Waals surface area contributed by atoms with Gasteiger partial charge >= 0.3 is 0 Å². The van der Waals surface area contributed by atoms with E-state index in [4.69, 9.17) is 23.2 Å². The van der Waals surface area contributed by atoms with Crippen LogP contribution in [0.25, 0.3) is 5.69 Å². The van der Waals surface area contributed by atoms with Gasteiger partial charge in [0.2, 0.25) is 9.84 Å². The number of aromatic nitrogens is 3. The van der Waals surface area contributed by atoms with E-state index in [2.05, 4.69) is 10.1 Å². The zero-order valence-corrected chi connectivity index (χ0v) is 16.2. The summed E-state index contributed by atoms with van der Waals surface area (Å²) in [6.45, 7) is 7.75. The van der Waals surface area contributed by atoms with Crippen molar-refractivity contribution in [1.29, 1.82) is 0 Å². The van der Waals surface area contributed by atoms with Crippen LogP contribution in [0.5, 0.6) is 0 Å². The van der Waals surface area contributed by atoms with Crippen LogP contribution in [0.4, 0.5) is 0 Å². The minimum Gasteiger partial charge on any atom is -0.303 e. The Labute approximate surface area is 152 Å². The van der Waals surface area contributed by atoms with E-state index in [9.17, 15) is 8.42 Å². The number of halogens is 2. The third-order valence-corrected chi connectivity index (χ3v) is 5.93. The molecule has 0 saturated carbocycles. The summed E-state index contributed by atoms with van der Waals surface area (Å²) < 4.78 is 26.4. The van der Waals surface area contributed by atoms with Gasteiger partial charge in [0.05, 0.1) is 21.5 Å². The maximum absolute atomic E-state index is 12.5. The second kappa shape index (κ2) is 7.82. The van der Waals surface area contributed by atoms with Gasteiger partial charge in [-0.15, -0.1) is 5.10 Å². The largest absolute Gasteiger partial charge is 0.303 e. The van der Waals surface area contributed by atoms with E-state index in [-0.39, 0.29) is 10.9 Å². The highest BCUT2D eigenvalue weighted by atomic mass is 35.5.